The van der Waals surface area contributed by atoms with Gasteiger partial charge in [-0.05, 0) is 37.1 Å². The van der Waals surface area contributed by atoms with Gasteiger partial charge in [-0.3, -0.25) is 20.2 Å². The van der Waals surface area contributed by atoms with E-state index in [9.17, 15) is 29.8 Å². The number of amides is 2. The van der Waals surface area contributed by atoms with E-state index >= 15 is 0 Å². The van der Waals surface area contributed by atoms with E-state index in [-0.39, 0.29) is 22.9 Å². The lowest BCUT2D eigenvalue weighted by Gasteiger charge is -2.08. The molecule has 0 unspecified atom stereocenters. The Morgan fingerprint density at radius 2 is 1.03 bits per heavy atom. The first kappa shape index (κ1) is 22.1. The van der Waals surface area contributed by atoms with Crippen LogP contribution >= 0.6 is 0 Å². The van der Waals surface area contributed by atoms with Crippen LogP contribution in [0.15, 0.2) is 48.5 Å². The number of ether oxygens (including phenoxy) is 2. The quantitative estimate of drug-likeness (QED) is 0.356. The molecule has 2 aromatic carbocycles. The van der Waals surface area contributed by atoms with Gasteiger partial charge < -0.3 is 20.1 Å². The minimum absolute atomic E-state index is 0.109. The summed E-state index contributed by atoms with van der Waals surface area (Å²) in [5.41, 5.74) is -0.218. The Kier molecular flexibility index (Phi) is 8.05. The Balaban J connectivity index is 1.57. The third-order valence-corrected chi connectivity index (χ3v) is 3.66. The smallest absolute Gasteiger partial charge is 0.410 e. The zero-order valence-corrected chi connectivity index (χ0v) is 15.6. The molecule has 0 aliphatic rings. The first-order valence-electron chi connectivity index (χ1n) is 8.75. The van der Waals surface area contributed by atoms with Crippen molar-refractivity contribution in [3.63, 3.8) is 0 Å². The molecule has 0 atom stereocenters. The van der Waals surface area contributed by atoms with Crippen LogP contribution in [0.2, 0.25) is 0 Å². The van der Waals surface area contributed by atoms with E-state index in [0.717, 1.165) is 0 Å². The standard InChI is InChI=1S/C18H18N4O8/c23-17(29-15-7-3-13(4-8-15)21(25)26)19-11-1-2-12-20-18(24)30-16-9-5-14(6-10-16)22(27)28/h3-10H,1-2,11-12H2,(H,19,23)(H,20,24). The topological polar surface area (TPSA) is 163 Å². The first-order chi connectivity index (χ1) is 14.3. The molecule has 2 N–H and O–H groups in total. The van der Waals surface area contributed by atoms with Crippen LogP contribution in [0.5, 0.6) is 11.5 Å². The third kappa shape index (κ3) is 7.42. The number of nitro benzene ring substituents is 2. The monoisotopic (exact) mass is 418 g/mol. The molecular formula is C18H18N4O8. The van der Waals surface area contributed by atoms with E-state index in [1.54, 1.807) is 0 Å². The molecule has 0 bridgehead atoms. The highest BCUT2D eigenvalue weighted by Gasteiger charge is 2.09. The molecule has 0 fully saturated rings. The number of benzene rings is 2. The van der Waals surface area contributed by atoms with Crippen molar-refractivity contribution in [1.29, 1.82) is 0 Å². The van der Waals surface area contributed by atoms with Crippen LogP contribution in [-0.2, 0) is 0 Å². The van der Waals surface area contributed by atoms with Gasteiger partial charge in [-0.25, -0.2) is 9.59 Å². The van der Waals surface area contributed by atoms with E-state index in [0.29, 0.717) is 25.9 Å². The summed E-state index contributed by atoms with van der Waals surface area (Å²) in [7, 11) is 0. The zero-order valence-electron chi connectivity index (χ0n) is 15.6. The summed E-state index contributed by atoms with van der Waals surface area (Å²) in [6.45, 7) is 0.593. The molecular weight excluding hydrogens is 400 g/mol. The van der Waals surface area contributed by atoms with Gasteiger partial charge in [0.15, 0.2) is 0 Å². The second kappa shape index (κ2) is 10.9. The molecule has 0 aliphatic carbocycles. The fourth-order valence-electron chi connectivity index (χ4n) is 2.19. The van der Waals surface area contributed by atoms with E-state index in [4.69, 9.17) is 9.47 Å². The Bertz CT molecular complexity index is 824. The van der Waals surface area contributed by atoms with Crippen LogP contribution in [0.25, 0.3) is 0 Å². The van der Waals surface area contributed by atoms with E-state index in [2.05, 4.69) is 10.6 Å². The molecule has 12 heteroatoms. The van der Waals surface area contributed by atoms with Crippen molar-refractivity contribution in [2.75, 3.05) is 13.1 Å². The van der Waals surface area contributed by atoms with Gasteiger partial charge in [0, 0.05) is 37.4 Å². The lowest BCUT2D eigenvalue weighted by atomic mass is 10.3. The maximum absolute atomic E-state index is 11.6. The normalized spacial score (nSPS) is 10.0. The number of carbonyl (C=O) groups excluding carboxylic acids is 2. The van der Waals surface area contributed by atoms with Crippen molar-refractivity contribution in [3.05, 3.63) is 68.8 Å². The van der Waals surface area contributed by atoms with Crippen LogP contribution in [0.3, 0.4) is 0 Å². The molecule has 12 nitrogen and oxygen atoms in total. The molecule has 0 saturated carbocycles. The van der Waals surface area contributed by atoms with E-state index in [1.165, 1.54) is 48.5 Å². The van der Waals surface area contributed by atoms with Crippen LogP contribution < -0.4 is 20.1 Å². The Morgan fingerprint density at radius 3 is 1.33 bits per heavy atom. The molecule has 2 aromatic rings. The minimum Gasteiger partial charge on any atom is -0.410 e. The molecule has 30 heavy (non-hydrogen) atoms. The molecule has 0 aliphatic heterocycles. The number of carbonyl (C=O) groups is 2. The molecule has 0 radical (unpaired) electrons. The van der Waals surface area contributed by atoms with Crippen LogP contribution in [0.1, 0.15) is 12.8 Å². The van der Waals surface area contributed by atoms with Crippen molar-refractivity contribution >= 4 is 23.6 Å². The summed E-state index contributed by atoms with van der Waals surface area (Å²) in [6, 6.07) is 10.2. The predicted molar refractivity (Wildman–Crippen MR) is 103 cm³/mol. The Morgan fingerprint density at radius 1 is 0.700 bits per heavy atom. The lowest BCUT2D eigenvalue weighted by Crippen LogP contribution is -2.30. The predicted octanol–water partition coefficient (Wildman–Crippen LogP) is 3.16. The number of nitrogens with one attached hydrogen (secondary N) is 2. The number of rotatable bonds is 9. The summed E-state index contributed by atoms with van der Waals surface area (Å²) < 4.78 is 9.96. The second-order valence-corrected chi connectivity index (χ2v) is 5.84. The summed E-state index contributed by atoms with van der Waals surface area (Å²) in [5.74, 6) is 0.350. The molecule has 0 aromatic heterocycles. The van der Waals surface area contributed by atoms with Crippen LogP contribution in [0.4, 0.5) is 21.0 Å². The highest BCUT2D eigenvalue weighted by atomic mass is 16.6. The number of nitrogens with zero attached hydrogens (tertiary/aromatic N) is 2. The van der Waals surface area contributed by atoms with E-state index in [1.807, 2.05) is 0 Å². The van der Waals surface area contributed by atoms with Crippen molar-refractivity contribution in [1.82, 2.24) is 10.6 Å². The SMILES string of the molecule is O=C(NCCCCNC(=O)Oc1ccc([N+](=O)[O-])cc1)Oc1ccc([N+](=O)[O-])cc1. The van der Waals surface area contributed by atoms with Crippen LogP contribution in [-0.4, -0.2) is 35.1 Å². The average molecular weight is 418 g/mol. The molecule has 158 valence electrons. The number of hydrogen-bond acceptors (Lipinski definition) is 8. The summed E-state index contributed by atoms with van der Waals surface area (Å²) in [4.78, 5) is 43.3. The molecule has 0 spiro atoms. The van der Waals surface area contributed by atoms with Gasteiger partial charge >= 0.3 is 12.2 Å². The zero-order chi connectivity index (χ0) is 21.9. The molecule has 0 heterocycles. The van der Waals surface area contributed by atoms with Gasteiger partial charge in [-0.1, -0.05) is 0 Å². The second-order valence-electron chi connectivity index (χ2n) is 5.84. The van der Waals surface area contributed by atoms with Gasteiger partial charge in [0.1, 0.15) is 11.5 Å². The summed E-state index contributed by atoms with van der Waals surface area (Å²) in [5, 5.41) is 26.2. The minimum atomic E-state index is -0.700. The number of unbranched alkanes of at least 4 members (excludes halogenated alkanes) is 1. The molecule has 2 rings (SSSR count). The summed E-state index contributed by atoms with van der Waals surface area (Å²) >= 11 is 0. The Labute approximate surface area is 170 Å². The van der Waals surface area contributed by atoms with Gasteiger partial charge in [0.2, 0.25) is 0 Å². The summed E-state index contributed by atoms with van der Waals surface area (Å²) in [6.07, 6.45) is -0.302. The van der Waals surface area contributed by atoms with Crippen molar-refractivity contribution < 1.29 is 28.9 Å². The fourth-order valence-corrected chi connectivity index (χ4v) is 2.19. The lowest BCUT2D eigenvalue weighted by molar-refractivity contribution is -0.385. The number of nitro groups is 2. The molecule has 2 amide bonds. The van der Waals surface area contributed by atoms with Crippen LogP contribution in [0, 0.1) is 20.2 Å². The van der Waals surface area contributed by atoms with Crippen molar-refractivity contribution in [3.8, 4) is 11.5 Å². The van der Waals surface area contributed by atoms with Crippen molar-refractivity contribution in [2.24, 2.45) is 0 Å². The van der Waals surface area contributed by atoms with Gasteiger partial charge in [-0.15, -0.1) is 0 Å². The maximum Gasteiger partial charge on any atom is 0.412 e. The Hall–Kier alpha value is -4.22. The molecule has 0 saturated heterocycles. The van der Waals surface area contributed by atoms with Gasteiger partial charge in [0.05, 0.1) is 9.85 Å². The maximum atomic E-state index is 11.6. The van der Waals surface area contributed by atoms with Gasteiger partial charge in [0.25, 0.3) is 11.4 Å². The average Bonchev–Trinajstić information content (AvgIpc) is 2.71. The third-order valence-electron chi connectivity index (χ3n) is 3.66. The first-order valence-corrected chi connectivity index (χ1v) is 8.75. The van der Waals surface area contributed by atoms with E-state index < -0.39 is 22.0 Å². The largest absolute Gasteiger partial charge is 0.412 e. The van der Waals surface area contributed by atoms with Gasteiger partial charge in [-0.2, -0.15) is 0 Å². The number of hydrogen-bond donors (Lipinski definition) is 2. The number of non-ortho nitro benzene ring substituents is 2. The highest BCUT2D eigenvalue weighted by Crippen LogP contribution is 2.18. The highest BCUT2D eigenvalue weighted by molar-refractivity contribution is 5.70. The fraction of sp³-hybridized carbons (Fsp3) is 0.222. The van der Waals surface area contributed by atoms with Crippen molar-refractivity contribution in [2.45, 2.75) is 12.8 Å².